The van der Waals surface area contributed by atoms with Gasteiger partial charge in [-0.05, 0) is 37.3 Å². The monoisotopic (exact) mass is 305 g/mol. The van der Waals surface area contributed by atoms with Gasteiger partial charge in [-0.1, -0.05) is 18.2 Å². The van der Waals surface area contributed by atoms with Crippen LogP contribution in [-0.4, -0.2) is 27.3 Å². The first kappa shape index (κ1) is 13.6. The molecule has 0 aliphatic carbocycles. The maximum absolute atomic E-state index is 12.4. The van der Waals surface area contributed by atoms with Gasteiger partial charge in [0.1, 0.15) is 5.69 Å². The number of esters is 1. The van der Waals surface area contributed by atoms with Crippen molar-refractivity contribution in [1.29, 1.82) is 0 Å². The highest BCUT2D eigenvalue weighted by Crippen LogP contribution is 2.26. The predicted octanol–water partition coefficient (Wildman–Crippen LogP) is 3.68. The molecular formula is C18H15N3O2. The molecule has 4 aromatic rings. The molecule has 2 aromatic heterocycles. The van der Waals surface area contributed by atoms with Crippen LogP contribution < -0.4 is 0 Å². The summed E-state index contributed by atoms with van der Waals surface area (Å²) in [5, 5.41) is 8.98. The molecule has 5 nitrogen and oxygen atoms in total. The lowest BCUT2D eigenvalue weighted by molar-refractivity contribution is 0.0517. The van der Waals surface area contributed by atoms with Crippen molar-refractivity contribution in [2.75, 3.05) is 6.61 Å². The van der Waals surface area contributed by atoms with Gasteiger partial charge in [0, 0.05) is 16.5 Å². The average molecular weight is 305 g/mol. The van der Waals surface area contributed by atoms with E-state index in [1.54, 1.807) is 6.20 Å². The van der Waals surface area contributed by atoms with E-state index >= 15 is 0 Å². The number of benzene rings is 2. The summed E-state index contributed by atoms with van der Waals surface area (Å²) in [4.78, 5) is 12.4. The minimum Gasteiger partial charge on any atom is -0.461 e. The number of H-pyrrole nitrogens is 1. The van der Waals surface area contributed by atoms with Crippen molar-refractivity contribution in [3.8, 4) is 5.69 Å². The van der Waals surface area contributed by atoms with Crippen LogP contribution in [0.4, 0.5) is 0 Å². The van der Waals surface area contributed by atoms with Gasteiger partial charge in [0.25, 0.3) is 0 Å². The van der Waals surface area contributed by atoms with Crippen molar-refractivity contribution in [3.63, 3.8) is 0 Å². The number of carbonyl (C=O) groups excluding carboxylic acids is 1. The van der Waals surface area contributed by atoms with Gasteiger partial charge >= 0.3 is 5.97 Å². The first-order valence-corrected chi connectivity index (χ1v) is 7.49. The van der Waals surface area contributed by atoms with Crippen LogP contribution in [-0.2, 0) is 4.74 Å². The zero-order chi connectivity index (χ0) is 15.8. The van der Waals surface area contributed by atoms with Crippen LogP contribution in [0.25, 0.3) is 27.5 Å². The number of carbonyl (C=O) groups is 1. The van der Waals surface area contributed by atoms with E-state index in [9.17, 15) is 4.79 Å². The normalized spacial score (nSPS) is 11.2. The summed E-state index contributed by atoms with van der Waals surface area (Å²) in [5.41, 5.74) is 3.36. The molecule has 2 aromatic carbocycles. The van der Waals surface area contributed by atoms with Crippen molar-refractivity contribution in [1.82, 2.24) is 14.8 Å². The molecule has 0 saturated carbocycles. The number of para-hydroxylation sites is 1. The zero-order valence-electron chi connectivity index (χ0n) is 12.6. The van der Waals surface area contributed by atoms with Crippen molar-refractivity contribution in [2.24, 2.45) is 0 Å². The molecule has 0 amide bonds. The van der Waals surface area contributed by atoms with Crippen LogP contribution in [0.5, 0.6) is 0 Å². The van der Waals surface area contributed by atoms with Crippen LogP contribution >= 0.6 is 0 Å². The molecule has 0 fully saturated rings. The molecule has 0 spiro atoms. The third-order valence-corrected chi connectivity index (χ3v) is 3.88. The van der Waals surface area contributed by atoms with Gasteiger partial charge in [0.05, 0.1) is 23.8 Å². The van der Waals surface area contributed by atoms with E-state index in [0.717, 1.165) is 27.5 Å². The fourth-order valence-electron chi connectivity index (χ4n) is 2.86. The number of hydrogen-bond acceptors (Lipinski definition) is 3. The second-order valence-electron chi connectivity index (χ2n) is 5.29. The Morgan fingerprint density at radius 2 is 2.04 bits per heavy atom. The Kier molecular flexibility index (Phi) is 3.12. The number of aromatic amines is 1. The third kappa shape index (κ3) is 2.17. The fraction of sp³-hybridized carbons (Fsp3) is 0.111. The summed E-state index contributed by atoms with van der Waals surface area (Å²) in [6, 6.07) is 15.7. The summed E-state index contributed by atoms with van der Waals surface area (Å²) in [7, 11) is 0. The lowest BCUT2D eigenvalue weighted by Gasteiger charge is -2.10. The number of hydrogen-bond donors (Lipinski definition) is 1. The van der Waals surface area contributed by atoms with Crippen molar-refractivity contribution in [2.45, 2.75) is 6.92 Å². The highest BCUT2D eigenvalue weighted by atomic mass is 16.5. The lowest BCUT2D eigenvalue weighted by Crippen LogP contribution is -2.10. The number of rotatable bonds is 3. The number of ether oxygens (including phenoxy) is 1. The smallest absolute Gasteiger partial charge is 0.355 e. The van der Waals surface area contributed by atoms with Crippen molar-refractivity contribution < 1.29 is 9.53 Å². The molecule has 2 heterocycles. The molecule has 114 valence electrons. The number of nitrogens with zero attached hydrogens (tertiary/aromatic N) is 2. The van der Waals surface area contributed by atoms with Crippen molar-refractivity contribution >= 4 is 27.8 Å². The highest BCUT2D eigenvalue weighted by molar-refractivity contribution is 5.97. The SMILES string of the molecule is CCOC(=O)c1cc2ccccc2n1-c1ccc2[nH]ncc2c1. The Morgan fingerprint density at radius 3 is 2.91 bits per heavy atom. The molecular weight excluding hydrogens is 290 g/mol. The van der Waals surface area contributed by atoms with E-state index in [0.29, 0.717) is 12.3 Å². The molecule has 0 saturated heterocycles. The van der Waals surface area contributed by atoms with Gasteiger partial charge in [-0.2, -0.15) is 5.10 Å². The van der Waals surface area contributed by atoms with E-state index in [1.807, 2.05) is 60.0 Å². The van der Waals surface area contributed by atoms with E-state index in [1.165, 1.54) is 0 Å². The molecule has 5 heteroatoms. The topological polar surface area (TPSA) is 59.9 Å². The van der Waals surface area contributed by atoms with Crippen LogP contribution in [0.3, 0.4) is 0 Å². The summed E-state index contributed by atoms with van der Waals surface area (Å²) >= 11 is 0. The molecule has 4 rings (SSSR count). The molecule has 23 heavy (non-hydrogen) atoms. The van der Waals surface area contributed by atoms with Crippen LogP contribution in [0.1, 0.15) is 17.4 Å². The highest BCUT2D eigenvalue weighted by Gasteiger charge is 2.18. The van der Waals surface area contributed by atoms with Gasteiger partial charge in [-0.15, -0.1) is 0 Å². The van der Waals surface area contributed by atoms with Crippen molar-refractivity contribution in [3.05, 3.63) is 60.4 Å². The molecule has 0 bridgehead atoms. The minimum atomic E-state index is -0.323. The summed E-state index contributed by atoms with van der Waals surface area (Å²) in [6.07, 6.45) is 1.77. The third-order valence-electron chi connectivity index (χ3n) is 3.88. The van der Waals surface area contributed by atoms with Crippen LogP contribution in [0.15, 0.2) is 54.7 Å². The standard InChI is InChI=1S/C18H15N3O2/c1-2-23-18(22)17-10-12-5-3-4-6-16(12)21(17)14-7-8-15-13(9-14)11-19-20-15/h3-11H,2H2,1H3,(H,19,20). The molecule has 0 aliphatic heterocycles. The van der Waals surface area contributed by atoms with Crippen LogP contribution in [0.2, 0.25) is 0 Å². The summed E-state index contributed by atoms with van der Waals surface area (Å²) in [5.74, 6) is -0.323. The van der Waals surface area contributed by atoms with Gasteiger partial charge in [0.15, 0.2) is 0 Å². The number of nitrogens with one attached hydrogen (secondary N) is 1. The van der Waals surface area contributed by atoms with Crippen LogP contribution in [0, 0.1) is 0 Å². The molecule has 0 aliphatic rings. The van der Waals surface area contributed by atoms with Gasteiger partial charge in [0.2, 0.25) is 0 Å². The largest absolute Gasteiger partial charge is 0.461 e. The molecule has 1 N–H and O–H groups in total. The second kappa shape index (κ2) is 5.28. The molecule has 0 atom stereocenters. The average Bonchev–Trinajstić information content (AvgIpc) is 3.18. The first-order chi connectivity index (χ1) is 11.3. The lowest BCUT2D eigenvalue weighted by atomic mass is 10.2. The Morgan fingerprint density at radius 1 is 1.17 bits per heavy atom. The molecule has 0 unspecified atom stereocenters. The number of aromatic nitrogens is 3. The van der Waals surface area contributed by atoms with Gasteiger partial charge in [-0.25, -0.2) is 4.79 Å². The first-order valence-electron chi connectivity index (χ1n) is 7.49. The Bertz CT molecular complexity index is 1010. The van der Waals surface area contributed by atoms with E-state index in [-0.39, 0.29) is 5.97 Å². The fourth-order valence-corrected chi connectivity index (χ4v) is 2.86. The second-order valence-corrected chi connectivity index (χ2v) is 5.29. The Hall–Kier alpha value is -3.08. The summed E-state index contributed by atoms with van der Waals surface area (Å²) in [6.45, 7) is 2.16. The predicted molar refractivity (Wildman–Crippen MR) is 88.9 cm³/mol. The van der Waals surface area contributed by atoms with Gasteiger partial charge in [-0.3, -0.25) is 5.10 Å². The maximum Gasteiger partial charge on any atom is 0.355 e. The van der Waals surface area contributed by atoms with E-state index in [4.69, 9.17) is 4.74 Å². The number of fused-ring (bicyclic) bond motifs is 2. The van der Waals surface area contributed by atoms with E-state index < -0.39 is 0 Å². The minimum absolute atomic E-state index is 0.323. The quantitative estimate of drug-likeness (QED) is 0.587. The summed E-state index contributed by atoms with van der Waals surface area (Å²) < 4.78 is 7.14. The van der Waals surface area contributed by atoms with E-state index in [2.05, 4.69) is 10.2 Å². The maximum atomic E-state index is 12.4. The van der Waals surface area contributed by atoms with Gasteiger partial charge < -0.3 is 9.30 Å². The zero-order valence-corrected chi connectivity index (χ0v) is 12.6. The molecule has 0 radical (unpaired) electrons. The Balaban J connectivity index is 1.99. The Labute approximate surface area is 132 Å².